The highest BCUT2D eigenvalue weighted by Crippen LogP contribution is 2.37. The van der Waals surface area contributed by atoms with Gasteiger partial charge in [0.15, 0.2) is 0 Å². The number of amides is 1. The molecule has 1 aliphatic heterocycles. The number of ether oxygens (including phenoxy) is 2. The number of likely N-dealkylation sites (tertiary alicyclic amines) is 1. The van der Waals surface area contributed by atoms with Crippen LogP contribution in [-0.2, 0) is 19.9 Å². The fraction of sp³-hybridized carbons (Fsp3) is 0.600. The molecular formula is C20H29NO4S. The van der Waals surface area contributed by atoms with E-state index in [1.807, 2.05) is 57.4 Å². The number of carbonyl (C=O) groups excluding carboxylic acids is 2. The minimum Gasteiger partial charge on any atom is -0.454 e. The fourth-order valence-electron chi connectivity index (χ4n) is 3.02. The summed E-state index contributed by atoms with van der Waals surface area (Å²) in [5, 5.41) is 0. The maximum absolute atomic E-state index is 12.3. The molecule has 6 heteroatoms. The number of nitrogens with zero attached hydrogens (tertiary/aromatic N) is 1. The van der Waals surface area contributed by atoms with Crippen LogP contribution in [-0.4, -0.2) is 47.7 Å². The zero-order chi connectivity index (χ0) is 19.2. The molecule has 1 amide bonds. The van der Waals surface area contributed by atoms with Crippen molar-refractivity contribution in [3.8, 4) is 0 Å². The lowest BCUT2D eigenvalue weighted by Crippen LogP contribution is -2.48. The first kappa shape index (κ1) is 20.6. The first-order valence-corrected chi connectivity index (χ1v) is 10.4. The molecule has 0 N–H and O–H groups in total. The van der Waals surface area contributed by atoms with Crippen LogP contribution in [0.15, 0.2) is 30.3 Å². The highest BCUT2D eigenvalue weighted by molar-refractivity contribution is 7.98. The number of hydrogen-bond acceptors (Lipinski definition) is 5. The molecule has 1 heterocycles. The van der Waals surface area contributed by atoms with Crippen molar-refractivity contribution in [2.75, 3.05) is 25.1 Å². The Bertz CT molecular complexity index is 604. The van der Waals surface area contributed by atoms with Gasteiger partial charge in [-0.1, -0.05) is 30.3 Å². The molecule has 0 bridgehead atoms. The van der Waals surface area contributed by atoms with Crippen molar-refractivity contribution in [2.24, 2.45) is 0 Å². The van der Waals surface area contributed by atoms with E-state index in [0.717, 1.165) is 11.3 Å². The first-order valence-electron chi connectivity index (χ1n) is 9.00. The van der Waals surface area contributed by atoms with E-state index in [0.29, 0.717) is 32.4 Å². The highest BCUT2D eigenvalue weighted by atomic mass is 32.2. The van der Waals surface area contributed by atoms with Crippen LogP contribution < -0.4 is 0 Å². The van der Waals surface area contributed by atoms with E-state index in [2.05, 4.69) is 0 Å². The molecule has 0 radical (unpaired) electrons. The van der Waals surface area contributed by atoms with Crippen LogP contribution in [0.2, 0.25) is 0 Å². The van der Waals surface area contributed by atoms with Crippen molar-refractivity contribution in [2.45, 2.75) is 51.2 Å². The Balaban J connectivity index is 2.10. The van der Waals surface area contributed by atoms with Crippen molar-refractivity contribution in [3.63, 3.8) is 0 Å². The second-order valence-electron chi connectivity index (χ2n) is 7.54. The molecule has 0 spiro atoms. The van der Waals surface area contributed by atoms with Gasteiger partial charge in [0.05, 0.1) is 6.42 Å². The second kappa shape index (κ2) is 8.80. The van der Waals surface area contributed by atoms with E-state index in [1.54, 1.807) is 16.7 Å². The maximum Gasteiger partial charge on any atom is 0.410 e. The summed E-state index contributed by atoms with van der Waals surface area (Å²) in [5.41, 5.74) is -0.203. The van der Waals surface area contributed by atoms with E-state index >= 15 is 0 Å². The molecule has 26 heavy (non-hydrogen) atoms. The van der Waals surface area contributed by atoms with Crippen LogP contribution in [0.3, 0.4) is 0 Å². The summed E-state index contributed by atoms with van der Waals surface area (Å²) in [4.78, 5) is 26.3. The Kier molecular flexibility index (Phi) is 6.98. The van der Waals surface area contributed by atoms with Crippen molar-refractivity contribution < 1.29 is 19.1 Å². The molecule has 0 unspecified atom stereocenters. The molecule has 1 aromatic rings. The van der Waals surface area contributed by atoms with E-state index in [4.69, 9.17) is 9.47 Å². The Morgan fingerprint density at radius 1 is 1.15 bits per heavy atom. The van der Waals surface area contributed by atoms with Crippen LogP contribution in [0.4, 0.5) is 4.79 Å². The average molecular weight is 380 g/mol. The Hall–Kier alpha value is -1.69. The third-order valence-corrected chi connectivity index (χ3v) is 4.95. The summed E-state index contributed by atoms with van der Waals surface area (Å²) in [6, 6.07) is 9.83. The van der Waals surface area contributed by atoms with Crippen molar-refractivity contribution in [1.82, 2.24) is 4.90 Å². The van der Waals surface area contributed by atoms with Gasteiger partial charge in [0.25, 0.3) is 0 Å². The lowest BCUT2D eigenvalue weighted by atomic mass is 9.84. The first-order chi connectivity index (χ1) is 12.3. The van der Waals surface area contributed by atoms with Gasteiger partial charge in [-0.15, -0.1) is 0 Å². The van der Waals surface area contributed by atoms with Crippen LogP contribution in [0.25, 0.3) is 0 Å². The summed E-state index contributed by atoms with van der Waals surface area (Å²) >= 11 is 1.63. The lowest BCUT2D eigenvalue weighted by molar-refractivity contribution is -0.166. The number of esters is 1. The maximum atomic E-state index is 12.3. The number of carbonyl (C=O) groups is 2. The SMILES string of the molecule is CSCCC(=O)OC1(c2ccccc2)CCN(C(=O)OC(C)(C)C)CC1. The number of hydrogen-bond donors (Lipinski definition) is 0. The van der Waals surface area contributed by atoms with E-state index in [1.165, 1.54) is 0 Å². The fourth-order valence-corrected chi connectivity index (χ4v) is 3.39. The molecule has 1 saturated heterocycles. The zero-order valence-corrected chi connectivity index (χ0v) is 16.9. The summed E-state index contributed by atoms with van der Waals surface area (Å²) in [7, 11) is 0. The smallest absolute Gasteiger partial charge is 0.410 e. The number of thioether (sulfide) groups is 1. The predicted octanol–water partition coefficient (Wildman–Crippen LogP) is 4.21. The molecule has 0 aromatic heterocycles. The normalized spacial score (nSPS) is 16.8. The molecule has 144 valence electrons. The third-order valence-electron chi connectivity index (χ3n) is 4.34. The van der Waals surface area contributed by atoms with Gasteiger partial charge in [0.2, 0.25) is 0 Å². The number of benzene rings is 1. The minimum atomic E-state index is -0.671. The molecule has 0 aliphatic carbocycles. The molecule has 1 aromatic carbocycles. The van der Waals surface area contributed by atoms with Crippen LogP contribution in [0.1, 0.15) is 45.6 Å². The molecule has 2 rings (SSSR count). The van der Waals surface area contributed by atoms with Crippen molar-refractivity contribution in [1.29, 1.82) is 0 Å². The van der Waals surface area contributed by atoms with Crippen LogP contribution in [0.5, 0.6) is 0 Å². The highest BCUT2D eigenvalue weighted by Gasteiger charge is 2.41. The Labute approximate surface area is 160 Å². The molecule has 5 nitrogen and oxygen atoms in total. The van der Waals surface area contributed by atoms with E-state index in [-0.39, 0.29) is 12.1 Å². The van der Waals surface area contributed by atoms with Gasteiger partial charge in [-0.2, -0.15) is 11.8 Å². The summed E-state index contributed by atoms with van der Waals surface area (Å²) in [6.07, 6.45) is 3.20. The van der Waals surface area contributed by atoms with Gasteiger partial charge in [-0.05, 0) is 32.6 Å². The average Bonchev–Trinajstić information content (AvgIpc) is 2.60. The summed E-state index contributed by atoms with van der Waals surface area (Å²) in [5.74, 6) is 0.558. The summed E-state index contributed by atoms with van der Waals surface area (Å²) < 4.78 is 11.4. The minimum absolute atomic E-state index is 0.186. The summed E-state index contributed by atoms with van der Waals surface area (Å²) in [6.45, 7) is 6.57. The Morgan fingerprint density at radius 2 is 1.77 bits per heavy atom. The number of rotatable bonds is 5. The van der Waals surface area contributed by atoms with Crippen LogP contribution in [0, 0.1) is 0 Å². The topological polar surface area (TPSA) is 55.8 Å². The van der Waals surface area contributed by atoms with E-state index in [9.17, 15) is 9.59 Å². The molecular weight excluding hydrogens is 350 g/mol. The monoisotopic (exact) mass is 379 g/mol. The van der Waals surface area contributed by atoms with Crippen molar-refractivity contribution in [3.05, 3.63) is 35.9 Å². The van der Waals surface area contributed by atoms with Crippen molar-refractivity contribution >= 4 is 23.8 Å². The lowest BCUT2D eigenvalue weighted by Gasteiger charge is -2.41. The van der Waals surface area contributed by atoms with Gasteiger partial charge >= 0.3 is 12.1 Å². The van der Waals surface area contributed by atoms with Gasteiger partial charge in [-0.3, -0.25) is 4.79 Å². The Morgan fingerprint density at radius 3 is 2.31 bits per heavy atom. The third kappa shape index (κ3) is 5.66. The largest absolute Gasteiger partial charge is 0.454 e. The quantitative estimate of drug-likeness (QED) is 0.717. The number of piperidine rings is 1. The molecule has 1 fully saturated rings. The predicted molar refractivity (Wildman–Crippen MR) is 104 cm³/mol. The molecule has 0 saturated carbocycles. The van der Waals surface area contributed by atoms with Gasteiger partial charge in [0, 0.05) is 31.7 Å². The molecule has 0 atom stereocenters. The zero-order valence-electron chi connectivity index (χ0n) is 16.1. The van der Waals surface area contributed by atoms with Crippen LogP contribution >= 0.6 is 11.8 Å². The van der Waals surface area contributed by atoms with Gasteiger partial charge < -0.3 is 14.4 Å². The second-order valence-corrected chi connectivity index (χ2v) is 8.53. The molecule has 1 aliphatic rings. The standard InChI is InChI=1S/C20H29NO4S/c1-19(2,3)25-18(23)21-13-11-20(12-14-21,16-8-6-5-7-9-16)24-17(22)10-15-26-4/h5-9H,10-15H2,1-4H3. The van der Waals surface area contributed by atoms with Gasteiger partial charge in [0.1, 0.15) is 11.2 Å². The van der Waals surface area contributed by atoms with Gasteiger partial charge in [-0.25, -0.2) is 4.79 Å². The van der Waals surface area contributed by atoms with E-state index < -0.39 is 11.2 Å².